The maximum Gasteiger partial charge on any atom is 0.164 e. The number of hydrazone groups is 1. The normalized spacial score (nSPS) is 30.6. The minimum atomic E-state index is -0.0377. The third kappa shape index (κ3) is 2.61. The van der Waals surface area contributed by atoms with Crippen molar-refractivity contribution in [2.75, 3.05) is 38.7 Å². The maximum absolute atomic E-state index is 5.61. The lowest BCUT2D eigenvalue weighted by atomic mass is 10.1. The molecule has 0 radical (unpaired) electrons. The van der Waals surface area contributed by atoms with Gasteiger partial charge in [-0.2, -0.15) is 5.10 Å². The first-order chi connectivity index (χ1) is 10.4. The van der Waals surface area contributed by atoms with Crippen LogP contribution in [0.25, 0.3) is 0 Å². The van der Waals surface area contributed by atoms with Crippen molar-refractivity contribution in [3.63, 3.8) is 0 Å². The Hall–Kier alpha value is -1.31. The molecule has 1 atom stereocenters. The van der Waals surface area contributed by atoms with Gasteiger partial charge in [-0.15, -0.1) is 11.8 Å². The SMILES string of the molecule is c1cnc2c(c1)OCC/C2=N/NC1(N2CCOCC2)CS1. The fourth-order valence-electron chi connectivity index (χ4n) is 2.67. The summed E-state index contributed by atoms with van der Waals surface area (Å²) in [5.41, 5.74) is 5.22. The van der Waals surface area contributed by atoms with Crippen LogP contribution in [0.2, 0.25) is 0 Å². The molecule has 2 fully saturated rings. The van der Waals surface area contributed by atoms with E-state index in [1.165, 1.54) is 0 Å². The second-order valence-electron chi connectivity index (χ2n) is 5.29. The van der Waals surface area contributed by atoms with Crippen LogP contribution in [0.5, 0.6) is 5.75 Å². The van der Waals surface area contributed by atoms with Gasteiger partial charge in [-0.25, -0.2) is 0 Å². The minimum absolute atomic E-state index is 0.0377. The highest BCUT2D eigenvalue weighted by molar-refractivity contribution is 8.07. The second-order valence-corrected chi connectivity index (χ2v) is 6.54. The first-order valence-corrected chi connectivity index (χ1v) is 8.25. The highest BCUT2D eigenvalue weighted by atomic mass is 32.2. The summed E-state index contributed by atoms with van der Waals surface area (Å²) in [6.45, 7) is 4.19. The first-order valence-electron chi connectivity index (χ1n) is 7.26. The quantitative estimate of drug-likeness (QED) is 0.661. The summed E-state index contributed by atoms with van der Waals surface area (Å²) in [6.07, 6.45) is 2.58. The highest BCUT2D eigenvalue weighted by Crippen LogP contribution is 2.45. The molecule has 0 amide bonds. The maximum atomic E-state index is 5.61. The Morgan fingerprint density at radius 1 is 1.33 bits per heavy atom. The lowest BCUT2D eigenvalue weighted by Gasteiger charge is -2.33. The summed E-state index contributed by atoms with van der Waals surface area (Å²) in [5.74, 6) is 1.89. The van der Waals surface area contributed by atoms with Gasteiger partial charge in [0.1, 0.15) is 11.4 Å². The molecule has 0 aromatic carbocycles. The van der Waals surface area contributed by atoms with Crippen LogP contribution >= 0.6 is 11.8 Å². The van der Waals surface area contributed by atoms with Gasteiger partial charge in [-0.1, -0.05) is 0 Å². The van der Waals surface area contributed by atoms with Crippen molar-refractivity contribution in [1.29, 1.82) is 0 Å². The molecule has 6 nitrogen and oxygen atoms in total. The molecule has 0 saturated carbocycles. The summed E-state index contributed by atoms with van der Waals surface area (Å²) < 4.78 is 11.0. The first kappa shape index (κ1) is 13.4. The monoisotopic (exact) mass is 306 g/mol. The van der Waals surface area contributed by atoms with Gasteiger partial charge >= 0.3 is 0 Å². The largest absolute Gasteiger partial charge is 0.491 e. The number of thioether (sulfide) groups is 1. The van der Waals surface area contributed by atoms with Gasteiger partial charge in [0.25, 0.3) is 0 Å². The highest BCUT2D eigenvalue weighted by Gasteiger charge is 2.50. The summed E-state index contributed by atoms with van der Waals surface area (Å²) in [5, 5.41) is 4.65. The lowest BCUT2D eigenvalue weighted by molar-refractivity contribution is 0.0121. The third-order valence-corrected chi connectivity index (χ3v) is 5.13. The Kier molecular flexibility index (Phi) is 3.48. The zero-order valence-electron chi connectivity index (χ0n) is 11.7. The smallest absolute Gasteiger partial charge is 0.164 e. The molecule has 1 unspecified atom stereocenters. The molecule has 1 aromatic heterocycles. The number of aromatic nitrogens is 1. The lowest BCUT2D eigenvalue weighted by Crippen LogP contribution is -2.51. The average molecular weight is 306 g/mol. The van der Waals surface area contributed by atoms with Gasteiger partial charge in [0.05, 0.1) is 25.5 Å². The molecule has 3 aliphatic heterocycles. The Morgan fingerprint density at radius 2 is 2.19 bits per heavy atom. The van der Waals surface area contributed by atoms with E-state index in [1.54, 1.807) is 6.20 Å². The predicted octanol–water partition coefficient (Wildman–Crippen LogP) is 0.891. The van der Waals surface area contributed by atoms with Crippen LogP contribution in [0.4, 0.5) is 0 Å². The van der Waals surface area contributed by atoms with E-state index in [2.05, 4.69) is 20.4 Å². The number of fused-ring (bicyclic) bond motifs is 1. The van der Waals surface area contributed by atoms with E-state index in [9.17, 15) is 0 Å². The molecule has 112 valence electrons. The van der Waals surface area contributed by atoms with E-state index in [-0.39, 0.29) is 4.99 Å². The van der Waals surface area contributed by atoms with Crippen LogP contribution in [0.15, 0.2) is 23.4 Å². The van der Waals surface area contributed by atoms with Crippen molar-refractivity contribution >= 4 is 17.5 Å². The van der Waals surface area contributed by atoms with Crippen LogP contribution in [0.1, 0.15) is 12.1 Å². The summed E-state index contributed by atoms with van der Waals surface area (Å²) in [7, 11) is 0. The second kappa shape index (κ2) is 5.47. The molecule has 1 aromatic rings. The zero-order valence-corrected chi connectivity index (χ0v) is 12.6. The van der Waals surface area contributed by atoms with E-state index in [4.69, 9.17) is 9.47 Å². The molecule has 2 saturated heterocycles. The average Bonchev–Trinajstić information content (AvgIpc) is 3.35. The fraction of sp³-hybridized carbons (Fsp3) is 0.571. The van der Waals surface area contributed by atoms with Gasteiger partial charge in [0.2, 0.25) is 0 Å². The molecule has 0 spiro atoms. The summed E-state index contributed by atoms with van der Waals surface area (Å²) >= 11 is 1.89. The summed E-state index contributed by atoms with van der Waals surface area (Å²) in [4.78, 5) is 6.78. The number of pyridine rings is 1. The topological polar surface area (TPSA) is 59.0 Å². The van der Waals surface area contributed by atoms with E-state index < -0.39 is 0 Å². The van der Waals surface area contributed by atoms with Crippen molar-refractivity contribution in [1.82, 2.24) is 15.3 Å². The standard InChI is InChI=1S/C14H18N4O2S/c1-2-12-13(15-4-1)11(3-7-20-12)16-17-14(10-21-14)18-5-8-19-9-6-18/h1-2,4,17H,3,5-10H2/b16-11-. The molecule has 1 N–H and O–H groups in total. The van der Waals surface area contributed by atoms with E-state index in [1.807, 2.05) is 23.9 Å². The molecular formula is C14H18N4O2S. The molecule has 0 bridgehead atoms. The van der Waals surface area contributed by atoms with Crippen LogP contribution < -0.4 is 10.2 Å². The van der Waals surface area contributed by atoms with Gasteiger partial charge in [0, 0.05) is 31.5 Å². The number of ether oxygens (including phenoxy) is 2. The molecule has 7 heteroatoms. The van der Waals surface area contributed by atoms with E-state index in [0.29, 0.717) is 6.61 Å². The summed E-state index contributed by atoms with van der Waals surface area (Å²) in [6, 6.07) is 3.84. The van der Waals surface area contributed by atoms with Crippen LogP contribution in [0, 0.1) is 0 Å². The Balaban J connectivity index is 1.51. The van der Waals surface area contributed by atoms with Crippen molar-refractivity contribution < 1.29 is 9.47 Å². The van der Waals surface area contributed by atoms with Crippen molar-refractivity contribution in [3.8, 4) is 5.75 Å². The Morgan fingerprint density at radius 3 is 3.00 bits per heavy atom. The molecule has 4 rings (SSSR count). The third-order valence-electron chi connectivity index (χ3n) is 3.95. The zero-order chi connectivity index (χ0) is 14.1. The Bertz CT molecular complexity index is 556. The molecule has 0 aliphatic carbocycles. The number of rotatable bonds is 3. The van der Waals surface area contributed by atoms with E-state index >= 15 is 0 Å². The van der Waals surface area contributed by atoms with Gasteiger partial charge < -0.3 is 9.47 Å². The van der Waals surface area contributed by atoms with Gasteiger partial charge in [-0.3, -0.25) is 15.3 Å². The number of morpholine rings is 1. The molecule has 3 aliphatic rings. The number of hydrogen-bond donors (Lipinski definition) is 1. The van der Waals surface area contributed by atoms with E-state index in [0.717, 1.165) is 55.6 Å². The number of nitrogens with one attached hydrogen (secondary N) is 1. The van der Waals surface area contributed by atoms with Crippen LogP contribution in [-0.4, -0.2) is 59.3 Å². The van der Waals surface area contributed by atoms with Crippen LogP contribution in [-0.2, 0) is 4.74 Å². The van der Waals surface area contributed by atoms with Crippen molar-refractivity contribution in [2.24, 2.45) is 5.10 Å². The van der Waals surface area contributed by atoms with Crippen molar-refractivity contribution in [3.05, 3.63) is 24.0 Å². The Labute approximate surface area is 127 Å². The molecule has 21 heavy (non-hydrogen) atoms. The fourth-order valence-corrected chi connectivity index (χ4v) is 3.53. The van der Waals surface area contributed by atoms with Crippen LogP contribution in [0.3, 0.4) is 0 Å². The minimum Gasteiger partial charge on any atom is -0.491 e. The predicted molar refractivity (Wildman–Crippen MR) is 81.6 cm³/mol. The van der Waals surface area contributed by atoms with Crippen molar-refractivity contribution in [2.45, 2.75) is 11.4 Å². The molecule has 4 heterocycles. The number of hydrogen-bond acceptors (Lipinski definition) is 7. The number of nitrogens with zero attached hydrogens (tertiary/aromatic N) is 3. The molecular weight excluding hydrogens is 288 g/mol. The van der Waals surface area contributed by atoms with Gasteiger partial charge in [0.15, 0.2) is 4.99 Å². The van der Waals surface area contributed by atoms with Gasteiger partial charge in [-0.05, 0) is 12.1 Å².